The van der Waals surface area contributed by atoms with E-state index in [4.69, 9.17) is 4.74 Å². The first kappa shape index (κ1) is 20.3. The Labute approximate surface area is 169 Å². The van der Waals surface area contributed by atoms with Gasteiger partial charge in [0.05, 0.1) is 7.11 Å². The predicted molar refractivity (Wildman–Crippen MR) is 118 cm³/mol. The van der Waals surface area contributed by atoms with Crippen molar-refractivity contribution < 1.29 is 9.53 Å². The zero-order valence-electron chi connectivity index (χ0n) is 15.9. The summed E-state index contributed by atoms with van der Waals surface area (Å²) in [6.07, 6.45) is 4.11. The second-order valence-electron chi connectivity index (χ2n) is 6.48. The molecular formula is C21H25IN2O2. The Balaban J connectivity index is 2.39. The van der Waals surface area contributed by atoms with E-state index in [1.165, 1.54) is 33.6 Å². The average Bonchev–Trinajstić information content (AvgIpc) is 2.61. The van der Waals surface area contributed by atoms with Crippen molar-refractivity contribution in [3.8, 4) is 0 Å². The van der Waals surface area contributed by atoms with Gasteiger partial charge in [0.25, 0.3) is 0 Å². The summed E-state index contributed by atoms with van der Waals surface area (Å²) in [5.74, 6) is -0.351. The van der Waals surface area contributed by atoms with Gasteiger partial charge in [-0.2, -0.15) is 0 Å². The Morgan fingerprint density at radius 1 is 1.00 bits per heavy atom. The van der Waals surface area contributed by atoms with Gasteiger partial charge in [-0.25, -0.2) is 4.79 Å². The van der Waals surface area contributed by atoms with E-state index < -0.39 is 0 Å². The van der Waals surface area contributed by atoms with Gasteiger partial charge in [0.1, 0.15) is 0 Å². The molecule has 2 rings (SSSR count). The van der Waals surface area contributed by atoms with E-state index in [9.17, 15) is 4.79 Å². The number of nitrogens with zero attached hydrogens (tertiary/aromatic N) is 2. The molecule has 0 fully saturated rings. The van der Waals surface area contributed by atoms with E-state index in [0.29, 0.717) is 0 Å². The van der Waals surface area contributed by atoms with E-state index in [1.807, 2.05) is 34.3 Å². The van der Waals surface area contributed by atoms with Crippen LogP contribution in [0, 0.1) is 3.57 Å². The minimum Gasteiger partial charge on any atom is -0.466 e. The maximum absolute atomic E-state index is 11.5. The summed E-state index contributed by atoms with van der Waals surface area (Å²) in [5, 5.41) is 0. The SMILES string of the molecule is COC(=O)/C=C/c1cc(N(C)C)ccc1Cc1ccc(N(C)C)cc1I. The highest BCUT2D eigenvalue weighted by Gasteiger charge is 2.09. The number of anilines is 2. The van der Waals surface area contributed by atoms with Crippen molar-refractivity contribution in [2.75, 3.05) is 45.1 Å². The Hall–Kier alpha value is -2.02. The molecule has 26 heavy (non-hydrogen) atoms. The van der Waals surface area contributed by atoms with Gasteiger partial charge in [0, 0.05) is 49.2 Å². The highest BCUT2D eigenvalue weighted by atomic mass is 127. The van der Waals surface area contributed by atoms with Crippen molar-refractivity contribution in [2.45, 2.75) is 6.42 Å². The molecule has 0 N–H and O–H groups in total. The summed E-state index contributed by atoms with van der Waals surface area (Å²) >= 11 is 2.39. The maximum atomic E-state index is 11.5. The highest BCUT2D eigenvalue weighted by molar-refractivity contribution is 14.1. The zero-order valence-corrected chi connectivity index (χ0v) is 18.1. The van der Waals surface area contributed by atoms with Gasteiger partial charge in [-0.15, -0.1) is 0 Å². The average molecular weight is 464 g/mol. The first-order valence-corrected chi connectivity index (χ1v) is 9.41. The fourth-order valence-electron chi connectivity index (χ4n) is 2.57. The first-order valence-electron chi connectivity index (χ1n) is 8.34. The van der Waals surface area contributed by atoms with Crippen molar-refractivity contribution >= 4 is 46.0 Å². The summed E-state index contributed by atoms with van der Waals surface area (Å²) in [7, 11) is 9.48. The molecule has 0 aliphatic carbocycles. The number of esters is 1. The van der Waals surface area contributed by atoms with Crippen LogP contribution in [0.25, 0.3) is 6.08 Å². The Morgan fingerprint density at radius 2 is 1.58 bits per heavy atom. The number of carbonyl (C=O) groups is 1. The molecule has 138 valence electrons. The van der Waals surface area contributed by atoms with Crippen molar-refractivity contribution in [3.05, 3.63) is 62.7 Å². The summed E-state index contributed by atoms with van der Waals surface area (Å²) in [4.78, 5) is 15.7. The highest BCUT2D eigenvalue weighted by Crippen LogP contribution is 2.26. The molecule has 2 aromatic rings. The molecule has 2 aromatic carbocycles. The van der Waals surface area contributed by atoms with E-state index in [1.54, 1.807) is 0 Å². The molecular weight excluding hydrogens is 439 g/mol. The molecule has 0 saturated heterocycles. The van der Waals surface area contributed by atoms with Gasteiger partial charge >= 0.3 is 5.97 Å². The second-order valence-corrected chi connectivity index (χ2v) is 7.64. The second kappa shape index (κ2) is 9.07. The van der Waals surface area contributed by atoms with Crippen molar-refractivity contribution in [2.24, 2.45) is 0 Å². The first-order chi connectivity index (χ1) is 12.3. The molecule has 0 aromatic heterocycles. The molecule has 0 atom stereocenters. The molecule has 0 amide bonds. The number of ether oxygens (including phenoxy) is 1. The molecule has 0 radical (unpaired) electrons. The quantitative estimate of drug-likeness (QED) is 0.365. The third-order valence-corrected chi connectivity index (χ3v) is 5.18. The molecule has 0 bridgehead atoms. The van der Waals surface area contributed by atoms with Crippen LogP contribution in [0.4, 0.5) is 11.4 Å². The van der Waals surface area contributed by atoms with Crippen molar-refractivity contribution in [3.63, 3.8) is 0 Å². The Kier molecular flexibility index (Phi) is 7.08. The van der Waals surface area contributed by atoms with Gasteiger partial charge in [-0.05, 0) is 76.0 Å². The van der Waals surface area contributed by atoms with Crippen LogP contribution in [0.2, 0.25) is 0 Å². The monoisotopic (exact) mass is 464 g/mol. The van der Waals surface area contributed by atoms with Crippen LogP contribution in [-0.2, 0) is 16.0 Å². The van der Waals surface area contributed by atoms with Crippen LogP contribution in [0.1, 0.15) is 16.7 Å². The van der Waals surface area contributed by atoms with Crippen LogP contribution in [-0.4, -0.2) is 41.3 Å². The smallest absolute Gasteiger partial charge is 0.330 e. The van der Waals surface area contributed by atoms with E-state index in [-0.39, 0.29) is 5.97 Å². The fourth-order valence-corrected chi connectivity index (χ4v) is 3.25. The van der Waals surface area contributed by atoms with Gasteiger partial charge in [-0.3, -0.25) is 0 Å². The molecule has 0 aliphatic heterocycles. The third-order valence-electron chi connectivity index (χ3n) is 4.18. The van der Waals surface area contributed by atoms with Crippen molar-refractivity contribution in [1.82, 2.24) is 0 Å². The van der Waals surface area contributed by atoms with Gasteiger partial charge < -0.3 is 14.5 Å². The minimum atomic E-state index is -0.351. The Morgan fingerprint density at radius 3 is 2.12 bits per heavy atom. The van der Waals surface area contributed by atoms with E-state index in [2.05, 4.69) is 68.8 Å². The van der Waals surface area contributed by atoms with Crippen LogP contribution >= 0.6 is 22.6 Å². The maximum Gasteiger partial charge on any atom is 0.330 e. The van der Waals surface area contributed by atoms with Gasteiger partial charge in [-0.1, -0.05) is 12.1 Å². The van der Waals surface area contributed by atoms with Crippen LogP contribution < -0.4 is 9.80 Å². The summed E-state index contributed by atoms with van der Waals surface area (Å²) in [6.45, 7) is 0. The number of carbonyl (C=O) groups excluding carboxylic acids is 1. The van der Waals surface area contributed by atoms with Crippen LogP contribution in [0.5, 0.6) is 0 Å². The van der Waals surface area contributed by atoms with Gasteiger partial charge in [0.2, 0.25) is 0 Å². The molecule has 4 nitrogen and oxygen atoms in total. The molecule has 0 saturated carbocycles. The lowest BCUT2D eigenvalue weighted by molar-refractivity contribution is -0.134. The number of rotatable bonds is 6. The van der Waals surface area contributed by atoms with E-state index in [0.717, 1.165) is 17.7 Å². The number of benzene rings is 2. The van der Waals surface area contributed by atoms with Crippen LogP contribution in [0.15, 0.2) is 42.5 Å². The molecule has 0 heterocycles. The number of hydrogen-bond donors (Lipinski definition) is 0. The molecule has 5 heteroatoms. The number of halogens is 1. The predicted octanol–water partition coefficient (Wildman–Crippen LogP) is 4.20. The van der Waals surface area contributed by atoms with Crippen LogP contribution in [0.3, 0.4) is 0 Å². The zero-order chi connectivity index (χ0) is 19.3. The lowest BCUT2D eigenvalue weighted by Gasteiger charge is -2.17. The largest absolute Gasteiger partial charge is 0.466 e. The molecule has 0 unspecified atom stereocenters. The van der Waals surface area contributed by atoms with E-state index >= 15 is 0 Å². The summed E-state index contributed by atoms with van der Waals surface area (Å²) < 4.78 is 5.95. The topological polar surface area (TPSA) is 32.8 Å². The number of hydrogen-bond acceptors (Lipinski definition) is 4. The normalized spacial score (nSPS) is 10.8. The standard InChI is InChI=1S/C21H25IN2O2/c1-23(2)18-9-6-15(16(13-18)8-11-21(25)26-5)12-17-7-10-19(24(3)4)14-20(17)22/h6-11,13-14H,12H2,1-5H3/b11-8+. The Bertz CT molecular complexity index is 814. The number of methoxy groups -OCH3 is 1. The lowest BCUT2D eigenvalue weighted by Crippen LogP contribution is -2.10. The molecule has 0 aliphatic rings. The lowest BCUT2D eigenvalue weighted by atomic mass is 9.98. The molecule has 0 spiro atoms. The van der Waals surface area contributed by atoms with Gasteiger partial charge in [0.15, 0.2) is 0 Å². The van der Waals surface area contributed by atoms with Crippen molar-refractivity contribution in [1.29, 1.82) is 0 Å². The minimum absolute atomic E-state index is 0.351. The fraction of sp³-hybridized carbons (Fsp3) is 0.286. The summed E-state index contributed by atoms with van der Waals surface area (Å²) in [6, 6.07) is 12.8. The third kappa shape index (κ3) is 5.24. The summed E-state index contributed by atoms with van der Waals surface area (Å²) in [5.41, 5.74) is 5.74.